The van der Waals surface area contributed by atoms with Gasteiger partial charge < -0.3 is 10.7 Å². The normalized spacial score (nSPS) is 10.6. The summed E-state index contributed by atoms with van der Waals surface area (Å²) in [7, 11) is 1.72. The van der Waals surface area contributed by atoms with Crippen LogP contribution in [0.25, 0.3) is 11.4 Å². The zero-order chi connectivity index (χ0) is 17.8. The Hall–Kier alpha value is -2.87. The molecule has 2 N–H and O–H groups in total. The van der Waals surface area contributed by atoms with Gasteiger partial charge >= 0.3 is 0 Å². The van der Waals surface area contributed by atoms with Crippen LogP contribution in [-0.4, -0.2) is 33.6 Å². The van der Waals surface area contributed by atoms with E-state index in [9.17, 15) is 9.18 Å². The van der Waals surface area contributed by atoms with E-state index in [-0.39, 0.29) is 17.5 Å². The molecule has 3 aromatic rings. The Morgan fingerprint density at radius 2 is 1.84 bits per heavy atom. The fourth-order valence-electron chi connectivity index (χ4n) is 2.19. The monoisotopic (exact) mass is 357 g/mol. The van der Waals surface area contributed by atoms with Gasteiger partial charge in [-0.25, -0.2) is 9.07 Å². The van der Waals surface area contributed by atoms with Gasteiger partial charge in [0.25, 0.3) is 0 Å². The molecule has 0 aliphatic carbocycles. The van der Waals surface area contributed by atoms with Crippen molar-refractivity contribution in [2.75, 3.05) is 23.5 Å². The number of nitrogen functional groups attached to an aromatic ring is 1. The number of carbonyl (C=O) groups is 1. The summed E-state index contributed by atoms with van der Waals surface area (Å²) in [6, 6.07) is 15.2. The van der Waals surface area contributed by atoms with E-state index in [1.54, 1.807) is 24.1 Å². The van der Waals surface area contributed by atoms with Crippen molar-refractivity contribution in [2.45, 2.75) is 5.16 Å². The number of benzene rings is 2. The number of hydrogen-bond acceptors (Lipinski definition) is 5. The van der Waals surface area contributed by atoms with Crippen LogP contribution < -0.4 is 10.7 Å². The van der Waals surface area contributed by atoms with Gasteiger partial charge in [0.1, 0.15) is 5.82 Å². The number of halogens is 1. The van der Waals surface area contributed by atoms with Crippen LogP contribution in [0.15, 0.2) is 59.8 Å². The molecule has 3 rings (SSSR count). The highest BCUT2D eigenvalue weighted by Crippen LogP contribution is 2.22. The summed E-state index contributed by atoms with van der Waals surface area (Å²) in [4.78, 5) is 13.9. The molecule has 0 saturated carbocycles. The van der Waals surface area contributed by atoms with Gasteiger partial charge in [0.05, 0.1) is 5.75 Å². The summed E-state index contributed by atoms with van der Waals surface area (Å²) in [6.07, 6.45) is 0. The van der Waals surface area contributed by atoms with E-state index in [4.69, 9.17) is 5.84 Å². The number of nitrogens with two attached hydrogens (primary N) is 1. The SMILES string of the molecule is CN(C(=O)CSc1nnc(-c2ccc(F)cc2)n1N)c1ccccc1. The first-order valence-corrected chi connectivity index (χ1v) is 8.45. The predicted octanol–water partition coefficient (Wildman–Crippen LogP) is 2.55. The molecule has 0 bridgehead atoms. The zero-order valence-electron chi connectivity index (χ0n) is 13.5. The summed E-state index contributed by atoms with van der Waals surface area (Å²) in [5, 5.41) is 8.43. The van der Waals surface area contributed by atoms with Gasteiger partial charge in [-0.3, -0.25) is 4.79 Å². The Balaban J connectivity index is 1.68. The highest BCUT2D eigenvalue weighted by Gasteiger charge is 2.16. The average molecular weight is 357 g/mol. The van der Waals surface area contributed by atoms with Crippen LogP contribution in [-0.2, 0) is 4.79 Å². The van der Waals surface area contributed by atoms with Gasteiger partial charge in [0.15, 0.2) is 5.82 Å². The number of para-hydroxylation sites is 1. The first kappa shape index (κ1) is 17.0. The summed E-state index contributed by atoms with van der Waals surface area (Å²) in [6.45, 7) is 0. The maximum Gasteiger partial charge on any atom is 0.237 e. The number of anilines is 1. The van der Waals surface area contributed by atoms with Crippen molar-refractivity contribution >= 4 is 23.4 Å². The molecule has 0 fully saturated rings. The second-order valence-corrected chi connectivity index (χ2v) is 6.20. The van der Waals surface area contributed by atoms with Crippen LogP contribution in [0.2, 0.25) is 0 Å². The van der Waals surface area contributed by atoms with Crippen LogP contribution in [0.4, 0.5) is 10.1 Å². The van der Waals surface area contributed by atoms with Crippen LogP contribution in [0, 0.1) is 5.82 Å². The van der Waals surface area contributed by atoms with E-state index in [1.807, 2.05) is 30.3 Å². The zero-order valence-corrected chi connectivity index (χ0v) is 14.3. The molecule has 0 atom stereocenters. The minimum Gasteiger partial charge on any atom is -0.335 e. The van der Waals surface area contributed by atoms with E-state index in [0.717, 1.165) is 5.69 Å². The second-order valence-electron chi connectivity index (χ2n) is 5.26. The second kappa shape index (κ2) is 7.35. The molecule has 2 aromatic carbocycles. The Labute approximate surface area is 148 Å². The lowest BCUT2D eigenvalue weighted by Crippen LogP contribution is -2.28. The molecule has 128 valence electrons. The molecule has 8 heteroatoms. The highest BCUT2D eigenvalue weighted by molar-refractivity contribution is 7.99. The lowest BCUT2D eigenvalue weighted by Gasteiger charge is -2.16. The molecule has 0 aliphatic rings. The fourth-order valence-corrected chi connectivity index (χ4v) is 2.96. The van der Waals surface area contributed by atoms with Gasteiger partial charge in [-0.05, 0) is 36.4 Å². The summed E-state index contributed by atoms with van der Waals surface area (Å²) < 4.78 is 14.3. The number of rotatable bonds is 5. The third-order valence-electron chi connectivity index (χ3n) is 3.61. The maximum absolute atomic E-state index is 13.0. The largest absolute Gasteiger partial charge is 0.335 e. The molecule has 0 aliphatic heterocycles. The van der Waals surface area contributed by atoms with Crippen molar-refractivity contribution in [3.63, 3.8) is 0 Å². The van der Waals surface area contributed by atoms with E-state index in [0.29, 0.717) is 16.5 Å². The number of thioether (sulfide) groups is 1. The van der Waals surface area contributed by atoms with Crippen molar-refractivity contribution in [1.82, 2.24) is 14.9 Å². The van der Waals surface area contributed by atoms with Crippen LogP contribution >= 0.6 is 11.8 Å². The Kier molecular flexibility index (Phi) is 4.99. The van der Waals surface area contributed by atoms with Crippen molar-refractivity contribution in [2.24, 2.45) is 0 Å². The standard InChI is InChI=1S/C17H16FN5OS/c1-22(14-5-3-2-4-6-14)15(24)11-25-17-21-20-16(23(17)19)12-7-9-13(18)10-8-12/h2-10H,11,19H2,1H3. The number of carbonyl (C=O) groups excluding carboxylic acids is 1. The van der Waals surface area contributed by atoms with Crippen molar-refractivity contribution in [1.29, 1.82) is 0 Å². The van der Waals surface area contributed by atoms with Gasteiger partial charge in [-0.1, -0.05) is 30.0 Å². The Morgan fingerprint density at radius 3 is 2.52 bits per heavy atom. The number of hydrogen-bond donors (Lipinski definition) is 1. The van der Waals surface area contributed by atoms with Crippen LogP contribution in [0.3, 0.4) is 0 Å². The first-order chi connectivity index (χ1) is 12.1. The molecule has 0 spiro atoms. The van der Waals surface area contributed by atoms with Crippen molar-refractivity contribution < 1.29 is 9.18 Å². The molecule has 0 saturated heterocycles. The van der Waals surface area contributed by atoms with Crippen LogP contribution in [0.1, 0.15) is 0 Å². The van der Waals surface area contributed by atoms with Crippen molar-refractivity contribution in [3.05, 3.63) is 60.4 Å². The average Bonchev–Trinajstić information content (AvgIpc) is 3.01. The molecular formula is C17H16FN5OS. The van der Waals surface area contributed by atoms with Crippen LogP contribution in [0.5, 0.6) is 0 Å². The Bertz CT molecular complexity index is 867. The number of nitrogens with zero attached hydrogens (tertiary/aromatic N) is 4. The quantitative estimate of drug-likeness (QED) is 0.561. The highest BCUT2D eigenvalue weighted by atomic mass is 32.2. The third kappa shape index (κ3) is 3.80. The topological polar surface area (TPSA) is 77.0 Å². The summed E-state index contributed by atoms with van der Waals surface area (Å²) in [5.41, 5.74) is 1.46. The summed E-state index contributed by atoms with van der Waals surface area (Å²) in [5.74, 6) is 6.16. The van der Waals surface area contributed by atoms with Gasteiger partial charge in [0, 0.05) is 18.3 Å². The Morgan fingerprint density at radius 1 is 1.16 bits per heavy atom. The smallest absolute Gasteiger partial charge is 0.237 e. The molecule has 25 heavy (non-hydrogen) atoms. The van der Waals surface area contributed by atoms with E-state index in [2.05, 4.69) is 10.2 Å². The molecule has 0 unspecified atom stereocenters. The number of amides is 1. The maximum atomic E-state index is 13.0. The minimum atomic E-state index is -0.337. The third-order valence-corrected chi connectivity index (χ3v) is 4.54. The molecule has 1 aromatic heterocycles. The molecule has 6 nitrogen and oxygen atoms in total. The van der Waals surface area contributed by atoms with Gasteiger partial charge in [-0.2, -0.15) is 0 Å². The predicted molar refractivity (Wildman–Crippen MR) is 96.1 cm³/mol. The van der Waals surface area contributed by atoms with E-state index < -0.39 is 0 Å². The van der Waals surface area contributed by atoms with E-state index >= 15 is 0 Å². The molecule has 1 amide bonds. The lowest BCUT2D eigenvalue weighted by atomic mass is 10.2. The first-order valence-electron chi connectivity index (χ1n) is 7.47. The lowest BCUT2D eigenvalue weighted by molar-refractivity contribution is -0.115. The van der Waals surface area contributed by atoms with Gasteiger partial charge in [0.2, 0.25) is 11.1 Å². The fraction of sp³-hybridized carbons (Fsp3) is 0.118. The van der Waals surface area contributed by atoms with Crippen molar-refractivity contribution in [3.8, 4) is 11.4 Å². The molecule has 0 radical (unpaired) electrons. The minimum absolute atomic E-state index is 0.0810. The van der Waals surface area contributed by atoms with Gasteiger partial charge in [-0.15, -0.1) is 10.2 Å². The molecular weight excluding hydrogens is 341 g/mol. The molecule has 1 heterocycles. The van der Waals surface area contributed by atoms with E-state index in [1.165, 1.54) is 28.6 Å². The summed E-state index contributed by atoms with van der Waals surface area (Å²) >= 11 is 1.20. The number of aromatic nitrogens is 3.